The van der Waals surface area contributed by atoms with Gasteiger partial charge in [0.1, 0.15) is 11.9 Å². The number of nitrogens with one attached hydrogen (secondary N) is 1. The molecule has 6 nitrogen and oxygen atoms in total. The fourth-order valence-electron chi connectivity index (χ4n) is 4.26. The topological polar surface area (TPSA) is 78.9 Å². The number of ether oxygens (including phenoxy) is 1. The van der Waals surface area contributed by atoms with Crippen LogP contribution in [0, 0.1) is 6.92 Å². The number of carboxylic acid groups (broad SMARTS) is 1. The van der Waals surface area contributed by atoms with Gasteiger partial charge in [0.25, 0.3) is 5.91 Å². The maximum atomic E-state index is 13.1. The summed E-state index contributed by atoms with van der Waals surface area (Å²) in [7, 11) is 0. The summed E-state index contributed by atoms with van der Waals surface area (Å²) in [5.74, 6) is 0.487. The Morgan fingerprint density at radius 3 is 2.53 bits per heavy atom. The normalized spacial score (nSPS) is 15.4. The third-order valence-electron chi connectivity index (χ3n) is 6.11. The number of hydrogen-bond donors (Lipinski definition) is 2. The molecule has 0 aromatic heterocycles. The molecule has 0 bridgehead atoms. The molecule has 0 aliphatic carbocycles. The number of carbonyl (C=O) groups excluding carboxylic acids is 1. The summed E-state index contributed by atoms with van der Waals surface area (Å²) in [6.07, 6.45) is 0.330. The van der Waals surface area contributed by atoms with Crippen molar-refractivity contribution in [2.75, 3.05) is 13.1 Å². The second kappa shape index (κ2) is 9.30. The Kier molecular flexibility index (Phi) is 6.30. The number of benzene rings is 3. The lowest BCUT2D eigenvalue weighted by Crippen LogP contribution is -2.41. The molecule has 0 radical (unpaired) electrons. The zero-order chi connectivity index (χ0) is 22.7. The van der Waals surface area contributed by atoms with E-state index in [4.69, 9.17) is 9.84 Å². The molecule has 1 heterocycles. The van der Waals surface area contributed by atoms with E-state index in [1.165, 1.54) is 4.90 Å². The highest BCUT2D eigenvalue weighted by Gasteiger charge is 2.24. The van der Waals surface area contributed by atoms with Crippen LogP contribution in [0.3, 0.4) is 0 Å². The SMILES string of the molecule is Cc1ccc(OC2CCN(C(=O)O)CC2)cc1C(=O)NC(C)c1cccc2ccccc12. The predicted molar refractivity (Wildman–Crippen MR) is 124 cm³/mol. The molecule has 2 amide bonds. The van der Waals surface area contributed by atoms with Gasteiger partial charge in [-0.25, -0.2) is 4.79 Å². The van der Waals surface area contributed by atoms with Crippen molar-refractivity contribution in [2.24, 2.45) is 0 Å². The summed E-state index contributed by atoms with van der Waals surface area (Å²) in [6, 6.07) is 19.7. The van der Waals surface area contributed by atoms with Crippen molar-refractivity contribution >= 4 is 22.8 Å². The van der Waals surface area contributed by atoms with Gasteiger partial charge >= 0.3 is 6.09 Å². The number of rotatable bonds is 5. The van der Waals surface area contributed by atoms with Gasteiger partial charge < -0.3 is 20.1 Å². The fourth-order valence-corrected chi connectivity index (χ4v) is 4.26. The first-order valence-corrected chi connectivity index (χ1v) is 11.0. The van der Waals surface area contributed by atoms with Gasteiger partial charge in [-0.1, -0.05) is 48.5 Å². The third-order valence-corrected chi connectivity index (χ3v) is 6.11. The molecule has 166 valence electrons. The molecule has 2 N–H and O–H groups in total. The molecule has 1 aliphatic heterocycles. The summed E-state index contributed by atoms with van der Waals surface area (Å²) < 4.78 is 6.08. The smallest absolute Gasteiger partial charge is 0.407 e. The van der Waals surface area contributed by atoms with Crippen molar-refractivity contribution in [1.82, 2.24) is 10.2 Å². The van der Waals surface area contributed by atoms with Gasteiger partial charge in [-0.3, -0.25) is 4.79 Å². The zero-order valence-corrected chi connectivity index (χ0v) is 18.4. The monoisotopic (exact) mass is 432 g/mol. The summed E-state index contributed by atoms with van der Waals surface area (Å²) >= 11 is 0. The van der Waals surface area contributed by atoms with Crippen molar-refractivity contribution < 1.29 is 19.4 Å². The van der Waals surface area contributed by atoms with Crippen molar-refractivity contribution in [3.05, 3.63) is 77.4 Å². The molecule has 1 fully saturated rings. The first kappa shape index (κ1) is 21.7. The molecule has 1 atom stereocenters. The number of carbonyl (C=O) groups is 2. The third kappa shape index (κ3) is 4.69. The van der Waals surface area contributed by atoms with E-state index in [9.17, 15) is 9.59 Å². The largest absolute Gasteiger partial charge is 0.490 e. The highest BCUT2D eigenvalue weighted by Crippen LogP contribution is 2.26. The molecule has 3 aromatic carbocycles. The van der Waals surface area contributed by atoms with E-state index in [2.05, 4.69) is 23.5 Å². The number of fused-ring (bicyclic) bond motifs is 1. The van der Waals surface area contributed by atoms with Crippen molar-refractivity contribution in [3.63, 3.8) is 0 Å². The van der Waals surface area contributed by atoms with E-state index in [0.29, 0.717) is 37.2 Å². The average molecular weight is 433 g/mol. The minimum Gasteiger partial charge on any atom is -0.490 e. The maximum Gasteiger partial charge on any atom is 0.407 e. The van der Waals surface area contributed by atoms with E-state index in [1.54, 1.807) is 6.07 Å². The van der Waals surface area contributed by atoms with E-state index < -0.39 is 6.09 Å². The summed E-state index contributed by atoms with van der Waals surface area (Å²) in [4.78, 5) is 25.6. The first-order valence-electron chi connectivity index (χ1n) is 11.0. The Morgan fingerprint density at radius 1 is 1.06 bits per heavy atom. The fraction of sp³-hybridized carbons (Fsp3) is 0.308. The predicted octanol–water partition coefficient (Wildman–Crippen LogP) is 5.16. The van der Waals surface area contributed by atoms with Gasteiger partial charge in [0, 0.05) is 31.5 Å². The average Bonchev–Trinajstić information content (AvgIpc) is 2.80. The molecular formula is C26H28N2O4. The van der Waals surface area contributed by atoms with E-state index in [-0.39, 0.29) is 18.1 Å². The lowest BCUT2D eigenvalue weighted by atomic mass is 9.99. The van der Waals surface area contributed by atoms with Gasteiger partial charge in [-0.2, -0.15) is 0 Å². The van der Waals surface area contributed by atoms with Crippen LogP contribution < -0.4 is 10.1 Å². The van der Waals surface area contributed by atoms with E-state index >= 15 is 0 Å². The molecule has 4 rings (SSSR count). The van der Waals surface area contributed by atoms with Crippen LogP contribution in [-0.4, -0.2) is 41.2 Å². The number of hydrogen-bond acceptors (Lipinski definition) is 3. The Morgan fingerprint density at radius 2 is 1.78 bits per heavy atom. The lowest BCUT2D eigenvalue weighted by molar-refractivity contribution is 0.0883. The Labute approximate surface area is 187 Å². The molecule has 0 saturated carbocycles. The van der Waals surface area contributed by atoms with Crippen molar-refractivity contribution in [2.45, 2.75) is 38.8 Å². The minimum atomic E-state index is -0.891. The van der Waals surface area contributed by atoms with Crippen LogP contribution in [0.25, 0.3) is 10.8 Å². The Hall–Kier alpha value is -3.54. The van der Waals surface area contributed by atoms with Crippen LogP contribution in [0.5, 0.6) is 5.75 Å². The maximum absolute atomic E-state index is 13.1. The van der Waals surface area contributed by atoms with Crippen LogP contribution in [0.2, 0.25) is 0 Å². The van der Waals surface area contributed by atoms with E-state index in [0.717, 1.165) is 21.9 Å². The van der Waals surface area contributed by atoms with Crippen LogP contribution in [-0.2, 0) is 0 Å². The van der Waals surface area contributed by atoms with Gasteiger partial charge in [0.05, 0.1) is 6.04 Å². The number of aryl methyl sites for hydroxylation is 1. The minimum absolute atomic E-state index is 0.0566. The van der Waals surface area contributed by atoms with Crippen LogP contribution >= 0.6 is 0 Å². The van der Waals surface area contributed by atoms with Gasteiger partial charge in [-0.15, -0.1) is 0 Å². The van der Waals surface area contributed by atoms with Crippen LogP contribution in [0.4, 0.5) is 4.79 Å². The Balaban J connectivity index is 1.46. The molecule has 0 spiro atoms. The summed E-state index contributed by atoms with van der Waals surface area (Å²) in [6.45, 7) is 4.82. The summed E-state index contributed by atoms with van der Waals surface area (Å²) in [5, 5.41) is 14.5. The molecule has 32 heavy (non-hydrogen) atoms. The molecule has 6 heteroatoms. The molecule has 1 unspecified atom stereocenters. The quantitative estimate of drug-likeness (QED) is 0.584. The molecular weight excluding hydrogens is 404 g/mol. The van der Waals surface area contributed by atoms with Gasteiger partial charge in [0.2, 0.25) is 0 Å². The van der Waals surface area contributed by atoms with Crippen molar-refractivity contribution in [3.8, 4) is 5.75 Å². The number of amides is 2. The first-order chi connectivity index (χ1) is 15.4. The number of likely N-dealkylation sites (tertiary alicyclic amines) is 1. The highest BCUT2D eigenvalue weighted by atomic mass is 16.5. The second-order valence-corrected chi connectivity index (χ2v) is 8.33. The number of piperidine rings is 1. The second-order valence-electron chi connectivity index (χ2n) is 8.33. The van der Waals surface area contributed by atoms with Crippen LogP contribution in [0.15, 0.2) is 60.7 Å². The standard InChI is InChI=1S/C26H28N2O4/c1-17-10-11-21(32-20-12-14-28(15-13-20)26(30)31)16-24(17)25(29)27-18(2)22-9-5-7-19-6-3-4-8-23(19)22/h3-11,16,18,20H,12-15H2,1-2H3,(H,27,29)(H,30,31). The molecule has 1 aliphatic rings. The van der Waals surface area contributed by atoms with Gasteiger partial charge in [-0.05, 0) is 47.9 Å². The molecule has 3 aromatic rings. The lowest BCUT2D eigenvalue weighted by Gasteiger charge is -2.30. The molecule has 1 saturated heterocycles. The summed E-state index contributed by atoms with van der Waals surface area (Å²) in [5.41, 5.74) is 2.53. The Bertz CT molecular complexity index is 1130. The zero-order valence-electron chi connectivity index (χ0n) is 18.4. The van der Waals surface area contributed by atoms with Gasteiger partial charge in [0.15, 0.2) is 0 Å². The van der Waals surface area contributed by atoms with Crippen LogP contribution in [0.1, 0.15) is 47.3 Å². The van der Waals surface area contributed by atoms with Crippen molar-refractivity contribution in [1.29, 1.82) is 0 Å². The highest BCUT2D eigenvalue weighted by molar-refractivity contribution is 5.96. The van der Waals surface area contributed by atoms with E-state index in [1.807, 2.05) is 50.2 Å². The number of nitrogens with zero attached hydrogens (tertiary/aromatic N) is 1.